The van der Waals surface area contributed by atoms with Crippen LogP contribution in [0.25, 0.3) is 0 Å². The minimum atomic E-state index is -0.394. The summed E-state index contributed by atoms with van der Waals surface area (Å²) in [6, 6.07) is 7.53. The van der Waals surface area contributed by atoms with Crippen molar-refractivity contribution in [1.29, 1.82) is 0 Å². The fourth-order valence-electron chi connectivity index (χ4n) is 2.22. The number of nitrogens with zero attached hydrogens (tertiary/aromatic N) is 1. The molecule has 7 heteroatoms. The molecule has 1 aromatic carbocycles. The molecule has 0 saturated heterocycles. The van der Waals surface area contributed by atoms with Crippen molar-refractivity contribution in [3.05, 3.63) is 52.2 Å². The number of nitrogens with one attached hydrogen (secondary N) is 2. The van der Waals surface area contributed by atoms with Crippen LogP contribution in [0.2, 0.25) is 0 Å². The Bertz CT molecular complexity index is 675. The van der Waals surface area contributed by atoms with Gasteiger partial charge in [0.1, 0.15) is 11.4 Å². The number of carbonyl (C=O) groups excluding carboxylic acids is 1. The van der Waals surface area contributed by atoms with Gasteiger partial charge in [-0.05, 0) is 24.1 Å². The van der Waals surface area contributed by atoms with E-state index in [0.717, 1.165) is 11.3 Å². The van der Waals surface area contributed by atoms with Crippen LogP contribution in [0.15, 0.2) is 35.3 Å². The lowest BCUT2D eigenvalue weighted by Gasteiger charge is -2.22. The highest BCUT2D eigenvalue weighted by atomic mass is 16.5. The summed E-state index contributed by atoms with van der Waals surface area (Å²) >= 11 is 0. The maximum atomic E-state index is 12.6. The van der Waals surface area contributed by atoms with Crippen molar-refractivity contribution in [3.63, 3.8) is 0 Å². The van der Waals surface area contributed by atoms with Gasteiger partial charge in [-0.25, -0.2) is 4.79 Å². The summed E-state index contributed by atoms with van der Waals surface area (Å²) in [5, 5.41) is 0. The molecule has 1 amide bonds. The number of aromatic amines is 2. The molecule has 0 aliphatic heterocycles. The summed E-state index contributed by atoms with van der Waals surface area (Å²) < 4.78 is 10.2. The molecule has 0 bridgehead atoms. The van der Waals surface area contributed by atoms with E-state index in [9.17, 15) is 9.59 Å². The molecule has 0 aliphatic rings. The van der Waals surface area contributed by atoms with Gasteiger partial charge >= 0.3 is 5.69 Å². The largest absolute Gasteiger partial charge is 0.497 e. The fraction of sp³-hybridized carbons (Fsp3) is 0.375. The standard InChI is InChI=1S/C16H21N3O4/c1-22-9-3-8-19(15(20)14-10-17-16(21)18-14)11-12-4-6-13(23-2)7-5-12/h4-7,10H,3,8-9,11H2,1-2H3,(H2,17,18,21). The summed E-state index contributed by atoms with van der Waals surface area (Å²) in [7, 11) is 3.23. The third-order valence-electron chi connectivity index (χ3n) is 3.42. The average molecular weight is 319 g/mol. The number of benzene rings is 1. The van der Waals surface area contributed by atoms with E-state index in [2.05, 4.69) is 9.97 Å². The van der Waals surface area contributed by atoms with E-state index < -0.39 is 5.69 Å². The van der Waals surface area contributed by atoms with Crippen LogP contribution in [0.1, 0.15) is 22.5 Å². The van der Waals surface area contributed by atoms with E-state index in [1.807, 2.05) is 24.3 Å². The number of amides is 1. The third-order valence-corrected chi connectivity index (χ3v) is 3.42. The summed E-state index contributed by atoms with van der Waals surface area (Å²) in [6.45, 7) is 1.54. The van der Waals surface area contributed by atoms with E-state index >= 15 is 0 Å². The third kappa shape index (κ3) is 4.72. The van der Waals surface area contributed by atoms with Gasteiger partial charge in [0.2, 0.25) is 0 Å². The molecule has 2 aromatic rings. The molecule has 0 unspecified atom stereocenters. The van der Waals surface area contributed by atoms with Gasteiger partial charge in [-0.3, -0.25) is 4.79 Å². The zero-order chi connectivity index (χ0) is 16.7. The molecule has 1 heterocycles. The molecule has 23 heavy (non-hydrogen) atoms. The molecule has 0 saturated carbocycles. The summed E-state index contributed by atoms with van der Waals surface area (Å²) in [4.78, 5) is 30.4. The van der Waals surface area contributed by atoms with Gasteiger partial charge in [0.05, 0.1) is 7.11 Å². The number of hydrogen-bond acceptors (Lipinski definition) is 4. The van der Waals surface area contributed by atoms with Crippen molar-refractivity contribution in [2.45, 2.75) is 13.0 Å². The Kier molecular flexibility index (Phi) is 5.99. The van der Waals surface area contributed by atoms with Crippen LogP contribution in [-0.4, -0.2) is 48.1 Å². The Morgan fingerprint density at radius 3 is 2.52 bits per heavy atom. The van der Waals surface area contributed by atoms with E-state index in [0.29, 0.717) is 26.1 Å². The van der Waals surface area contributed by atoms with E-state index in [1.165, 1.54) is 6.20 Å². The van der Waals surface area contributed by atoms with Gasteiger partial charge in [0.25, 0.3) is 5.91 Å². The number of carbonyl (C=O) groups is 1. The van der Waals surface area contributed by atoms with Crippen molar-refractivity contribution >= 4 is 5.91 Å². The number of H-pyrrole nitrogens is 2. The Labute approximate surface area is 134 Å². The minimum Gasteiger partial charge on any atom is -0.497 e. The Hall–Kier alpha value is -2.54. The molecule has 1 aromatic heterocycles. The molecular weight excluding hydrogens is 298 g/mol. The van der Waals surface area contributed by atoms with Crippen molar-refractivity contribution < 1.29 is 14.3 Å². The summed E-state index contributed by atoms with van der Waals surface area (Å²) in [6.07, 6.45) is 2.11. The minimum absolute atomic E-state index is 0.227. The first-order chi connectivity index (χ1) is 11.1. The number of imidazole rings is 1. The SMILES string of the molecule is COCCCN(Cc1ccc(OC)cc1)C(=O)c1c[nH]c(=O)[nH]1. The molecule has 0 atom stereocenters. The zero-order valence-electron chi connectivity index (χ0n) is 13.3. The number of methoxy groups -OCH3 is 2. The van der Waals surface area contributed by atoms with Gasteiger partial charge in [-0.1, -0.05) is 12.1 Å². The molecule has 0 spiro atoms. The first-order valence-corrected chi connectivity index (χ1v) is 7.33. The van der Waals surface area contributed by atoms with Gasteiger partial charge in [-0.2, -0.15) is 0 Å². The number of hydrogen-bond donors (Lipinski definition) is 2. The lowest BCUT2D eigenvalue weighted by Crippen LogP contribution is -2.32. The number of ether oxygens (including phenoxy) is 2. The quantitative estimate of drug-likeness (QED) is 0.720. The van der Waals surface area contributed by atoms with Crippen LogP contribution in [0.5, 0.6) is 5.75 Å². The highest BCUT2D eigenvalue weighted by Gasteiger charge is 2.17. The number of rotatable bonds is 8. The Morgan fingerprint density at radius 2 is 1.96 bits per heavy atom. The first kappa shape index (κ1) is 16.8. The highest BCUT2D eigenvalue weighted by Crippen LogP contribution is 2.14. The van der Waals surface area contributed by atoms with E-state index in [-0.39, 0.29) is 11.6 Å². The Balaban J connectivity index is 2.11. The smallest absolute Gasteiger partial charge is 0.323 e. The zero-order valence-corrected chi connectivity index (χ0v) is 13.3. The topological polar surface area (TPSA) is 87.4 Å². The summed E-state index contributed by atoms with van der Waals surface area (Å²) in [5.74, 6) is 0.538. The monoisotopic (exact) mass is 319 g/mol. The average Bonchev–Trinajstić information content (AvgIpc) is 3.00. The molecule has 2 rings (SSSR count). The first-order valence-electron chi connectivity index (χ1n) is 7.33. The molecule has 2 N–H and O–H groups in total. The van der Waals surface area contributed by atoms with Gasteiger partial charge < -0.3 is 24.3 Å². The molecule has 124 valence electrons. The lowest BCUT2D eigenvalue weighted by molar-refractivity contribution is 0.0718. The second kappa shape index (κ2) is 8.19. The van der Waals surface area contributed by atoms with Crippen LogP contribution in [-0.2, 0) is 11.3 Å². The van der Waals surface area contributed by atoms with Gasteiger partial charge in [-0.15, -0.1) is 0 Å². The fourth-order valence-corrected chi connectivity index (χ4v) is 2.22. The molecular formula is C16H21N3O4. The molecule has 0 radical (unpaired) electrons. The highest BCUT2D eigenvalue weighted by molar-refractivity contribution is 5.92. The predicted molar refractivity (Wildman–Crippen MR) is 85.6 cm³/mol. The molecule has 0 fully saturated rings. The maximum absolute atomic E-state index is 12.6. The normalized spacial score (nSPS) is 10.5. The van der Waals surface area contributed by atoms with Gasteiger partial charge in [0, 0.05) is 33.0 Å². The molecule has 7 nitrogen and oxygen atoms in total. The van der Waals surface area contributed by atoms with Gasteiger partial charge in [0.15, 0.2) is 0 Å². The lowest BCUT2D eigenvalue weighted by atomic mass is 10.2. The van der Waals surface area contributed by atoms with Crippen LogP contribution < -0.4 is 10.4 Å². The van der Waals surface area contributed by atoms with Crippen LogP contribution in [0.4, 0.5) is 0 Å². The second-order valence-corrected chi connectivity index (χ2v) is 5.08. The maximum Gasteiger partial charge on any atom is 0.323 e. The molecule has 0 aliphatic carbocycles. The predicted octanol–water partition coefficient (Wildman–Crippen LogP) is 1.39. The number of aromatic nitrogens is 2. The second-order valence-electron chi connectivity index (χ2n) is 5.08. The van der Waals surface area contributed by atoms with Crippen molar-refractivity contribution in [1.82, 2.24) is 14.9 Å². The van der Waals surface area contributed by atoms with E-state index in [1.54, 1.807) is 19.1 Å². The summed E-state index contributed by atoms with van der Waals surface area (Å²) in [5.41, 5.74) is 0.838. The van der Waals surface area contributed by atoms with Crippen molar-refractivity contribution in [2.75, 3.05) is 27.4 Å². The Morgan fingerprint density at radius 1 is 1.22 bits per heavy atom. The van der Waals surface area contributed by atoms with Crippen LogP contribution in [0, 0.1) is 0 Å². The van der Waals surface area contributed by atoms with Crippen LogP contribution in [0.3, 0.4) is 0 Å². The van der Waals surface area contributed by atoms with Crippen molar-refractivity contribution in [3.8, 4) is 5.75 Å². The van der Waals surface area contributed by atoms with E-state index in [4.69, 9.17) is 9.47 Å². The van der Waals surface area contributed by atoms with Crippen LogP contribution >= 0.6 is 0 Å². The van der Waals surface area contributed by atoms with Crippen molar-refractivity contribution in [2.24, 2.45) is 0 Å².